The molecule has 4 aliphatic carbocycles. The number of rotatable bonds is 1. The van der Waals surface area contributed by atoms with E-state index in [9.17, 15) is 4.79 Å². The van der Waals surface area contributed by atoms with Gasteiger partial charge in [0.05, 0.1) is 17.2 Å². The third-order valence-corrected chi connectivity index (χ3v) is 6.71. The first-order valence-corrected chi connectivity index (χ1v) is 8.86. The van der Waals surface area contributed by atoms with Crippen molar-refractivity contribution >= 4 is 22.1 Å². The average molecular weight is 326 g/mol. The van der Waals surface area contributed by atoms with Gasteiger partial charge in [0.2, 0.25) is 0 Å². The second-order valence-corrected chi connectivity index (χ2v) is 8.17. The van der Waals surface area contributed by atoms with Crippen LogP contribution >= 0.6 is 0 Å². The maximum Gasteiger partial charge on any atom is 0.326 e. The summed E-state index contributed by atoms with van der Waals surface area (Å²) in [5.74, 6) is 1.07. The average Bonchev–Trinajstić information content (AvgIpc) is 3.09. The predicted octanol–water partition coefficient (Wildman–Crippen LogP) is 3.30. The molecule has 0 aliphatic heterocycles. The number of alkyl halides is 1. The molecule has 4 bridgehead atoms. The number of halogens is 1. The number of imidazole rings is 1. The lowest BCUT2D eigenvalue weighted by Crippen LogP contribution is -2.54. The van der Waals surface area contributed by atoms with Crippen molar-refractivity contribution in [3.8, 4) is 0 Å². The number of nitrogens with one attached hydrogen (secondary N) is 2. The van der Waals surface area contributed by atoms with Gasteiger partial charge in [0, 0.05) is 17.6 Å². The van der Waals surface area contributed by atoms with Crippen molar-refractivity contribution < 1.29 is 4.39 Å². The van der Waals surface area contributed by atoms with Gasteiger partial charge >= 0.3 is 5.69 Å². The Morgan fingerprint density at radius 3 is 2.79 bits per heavy atom. The summed E-state index contributed by atoms with van der Waals surface area (Å²) < 4.78 is 16.9. The molecule has 4 aliphatic rings. The van der Waals surface area contributed by atoms with E-state index in [1.165, 1.54) is 0 Å². The molecule has 3 aromatic rings. The SMILES string of the molecule is O=c1[nH]c2cnc3[nH]ccc3c2n1C1C2CC3CC1CC(F)(C3)C2. The van der Waals surface area contributed by atoms with E-state index in [1.54, 1.807) is 6.20 Å². The summed E-state index contributed by atoms with van der Waals surface area (Å²) >= 11 is 0. The smallest absolute Gasteiger partial charge is 0.326 e. The van der Waals surface area contributed by atoms with E-state index < -0.39 is 5.67 Å². The van der Waals surface area contributed by atoms with E-state index in [4.69, 9.17) is 0 Å². The number of aromatic nitrogens is 4. The van der Waals surface area contributed by atoms with E-state index in [1.807, 2.05) is 16.8 Å². The Morgan fingerprint density at radius 2 is 2.04 bits per heavy atom. The lowest BCUT2D eigenvalue weighted by Gasteiger charge is -2.57. The molecular formula is C18H19FN4O. The fourth-order valence-electron chi connectivity index (χ4n) is 6.23. The number of fused-ring (bicyclic) bond motifs is 3. The monoisotopic (exact) mass is 326 g/mol. The number of hydrogen-bond acceptors (Lipinski definition) is 2. The molecule has 5 nitrogen and oxygen atoms in total. The third kappa shape index (κ3) is 1.54. The van der Waals surface area contributed by atoms with Crippen LogP contribution in [0.5, 0.6) is 0 Å². The second kappa shape index (κ2) is 4.10. The first-order valence-electron chi connectivity index (χ1n) is 8.86. The topological polar surface area (TPSA) is 66.5 Å². The van der Waals surface area contributed by atoms with Crippen LogP contribution in [0, 0.1) is 17.8 Å². The molecular weight excluding hydrogens is 307 g/mol. The molecule has 124 valence electrons. The van der Waals surface area contributed by atoms with Crippen molar-refractivity contribution in [2.75, 3.05) is 0 Å². The molecule has 0 spiro atoms. The second-order valence-electron chi connectivity index (χ2n) is 8.17. The fourth-order valence-corrected chi connectivity index (χ4v) is 6.23. The zero-order valence-corrected chi connectivity index (χ0v) is 13.3. The molecule has 0 aromatic carbocycles. The van der Waals surface area contributed by atoms with Crippen molar-refractivity contribution in [3.63, 3.8) is 0 Å². The molecule has 2 unspecified atom stereocenters. The fraction of sp³-hybridized carbons (Fsp3) is 0.556. The van der Waals surface area contributed by atoms with Gasteiger partial charge in [-0.15, -0.1) is 0 Å². The Balaban J connectivity index is 1.61. The Labute approximate surface area is 137 Å². The quantitative estimate of drug-likeness (QED) is 0.720. The number of pyridine rings is 1. The Hall–Kier alpha value is -2.11. The largest absolute Gasteiger partial charge is 0.346 e. The molecule has 0 saturated heterocycles. The first kappa shape index (κ1) is 13.2. The van der Waals surface area contributed by atoms with Crippen LogP contribution in [0.2, 0.25) is 0 Å². The summed E-state index contributed by atoms with van der Waals surface area (Å²) in [4.78, 5) is 23.2. The number of hydrogen-bond donors (Lipinski definition) is 2. The van der Waals surface area contributed by atoms with Crippen molar-refractivity contribution in [3.05, 3.63) is 28.9 Å². The van der Waals surface area contributed by atoms with E-state index in [2.05, 4.69) is 15.0 Å². The minimum absolute atomic E-state index is 0.0779. The van der Waals surface area contributed by atoms with Gasteiger partial charge in [-0.2, -0.15) is 0 Å². The summed E-state index contributed by atoms with van der Waals surface area (Å²) in [7, 11) is 0. The van der Waals surface area contributed by atoms with Crippen LogP contribution in [-0.2, 0) is 0 Å². The number of aromatic amines is 2. The lowest BCUT2D eigenvalue weighted by molar-refractivity contribution is -0.103. The van der Waals surface area contributed by atoms with Crippen LogP contribution in [-0.4, -0.2) is 25.2 Å². The van der Waals surface area contributed by atoms with Gasteiger partial charge in [-0.1, -0.05) is 0 Å². The summed E-state index contributed by atoms with van der Waals surface area (Å²) in [6.45, 7) is 0. The third-order valence-electron chi connectivity index (χ3n) is 6.71. The Bertz CT molecular complexity index is 1010. The molecule has 6 heteroatoms. The standard InChI is InChI=1S/C18H19FN4O/c19-18-5-9-3-10(6-18)14(11(4-9)7-18)23-15-12-1-2-20-16(12)21-8-13(15)22-17(23)24/h1-2,8-11,14H,3-7H2,(H,20,21)(H,22,24). The highest BCUT2D eigenvalue weighted by molar-refractivity contribution is 6.00. The summed E-state index contributed by atoms with van der Waals surface area (Å²) in [5, 5.41) is 0.967. The van der Waals surface area contributed by atoms with E-state index >= 15 is 4.39 Å². The van der Waals surface area contributed by atoms with Gasteiger partial charge < -0.3 is 9.97 Å². The van der Waals surface area contributed by atoms with Crippen LogP contribution in [0.4, 0.5) is 4.39 Å². The number of nitrogens with zero attached hydrogens (tertiary/aromatic N) is 2. The normalized spacial score (nSPS) is 37.7. The van der Waals surface area contributed by atoms with E-state index in [0.29, 0.717) is 18.8 Å². The van der Waals surface area contributed by atoms with Crippen LogP contribution < -0.4 is 5.69 Å². The number of H-pyrrole nitrogens is 2. The molecule has 4 saturated carbocycles. The Kier molecular flexibility index (Phi) is 2.26. The molecule has 7 rings (SSSR count). The minimum Gasteiger partial charge on any atom is -0.346 e. The predicted molar refractivity (Wildman–Crippen MR) is 88.6 cm³/mol. The summed E-state index contributed by atoms with van der Waals surface area (Å²) in [5.41, 5.74) is 1.44. The molecule has 0 radical (unpaired) electrons. The lowest BCUT2D eigenvalue weighted by atomic mass is 9.53. The molecule has 2 atom stereocenters. The van der Waals surface area contributed by atoms with Crippen molar-refractivity contribution in [2.45, 2.75) is 43.8 Å². The Morgan fingerprint density at radius 1 is 1.25 bits per heavy atom. The molecule has 2 N–H and O–H groups in total. The van der Waals surface area contributed by atoms with E-state index in [-0.39, 0.29) is 23.6 Å². The van der Waals surface area contributed by atoms with Crippen molar-refractivity contribution in [2.24, 2.45) is 17.8 Å². The highest BCUT2D eigenvalue weighted by Crippen LogP contribution is 2.61. The van der Waals surface area contributed by atoms with Gasteiger partial charge in [0.1, 0.15) is 11.3 Å². The van der Waals surface area contributed by atoms with Crippen LogP contribution in [0.25, 0.3) is 22.1 Å². The first-order chi connectivity index (χ1) is 11.6. The summed E-state index contributed by atoms with van der Waals surface area (Å²) in [6, 6.07) is 2.09. The minimum atomic E-state index is -0.978. The zero-order chi connectivity index (χ0) is 16.1. The van der Waals surface area contributed by atoms with Crippen molar-refractivity contribution in [1.82, 2.24) is 19.5 Å². The molecule has 0 amide bonds. The van der Waals surface area contributed by atoms with Crippen LogP contribution in [0.3, 0.4) is 0 Å². The van der Waals surface area contributed by atoms with Gasteiger partial charge in [0.15, 0.2) is 0 Å². The van der Waals surface area contributed by atoms with Crippen LogP contribution in [0.1, 0.15) is 38.1 Å². The maximum absolute atomic E-state index is 15.0. The van der Waals surface area contributed by atoms with Crippen LogP contribution in [0.15, 0.2) is 23.3 Å². The molecule has 24 heavy (non-hydrogen) atoms. The van der Waals surface area contributed by atoms with Gasteiger partial charge in [-0.3, -0.25) is 4.57 Å². The van der Waals surface area contributed by atoms with Crippen molar-refractivity contribution in [1.29, 1.82) is 0 Å². The zero-order valence-electron chi connectivity index (χ0n) is 13.3. The molecule has 3 aromatic heterocycles. The maximum atomic E-state index is 15.0. The molecule has 3 heterocycles. The highest BCUT2D eigenvalue weighted by Gasteiger charge is 2.56. The summed E-state index contributed by atoms with van der Waals surface area (Å²) in [6.07, 6.45) is 7.67. The highest BCUT2D eigenvalue weighted by atomic mass is 19.1. The van der Waals surface area contributed by atoms with Gasteiger partial charge in [0.25, 0.3) is 0 Å². The van der Waals surface area contributed by atoms with E-state index in [0.717, 1.165) is 41.3 Å². The molecule has 4 fully saturated rings. The van der Waals surface area contributed by atoms with Gasteiger partial charge in [-0.05, 0) is 55.9 Å². The van der Waals surface area contributed by atoms with Gasteiger partial charge in [-0.25, -0.2) is 14.2 Å².